The predicted molar refractivity (Wildman–Crippen MR) is 112 cm³/mol. The van der Waals surface area contributed by atoms with E-state index in [4.69, 9.17) is 0 Å². The quantitative estimate of drug-likeness (QED) is 0.625. The molecule has 0 radical (unpaired) electrons. The lowest BCUT2D eigenvalue weighted by Gasteiger charge is -2.57. The zero-order valence-corrected chi connectivity index (χ0v) is 18.9. The lowest BCUT2D eigenvalue weighted by atomic mass is 9.48. The second kappa shape index (κ2) is 7.54. The van der Waals surface area contributed by atoms with Crippen molar-refractivity contribution < 1.29 is 23.1 Å². The molecule has 7 heteroatoms. The number of fused-ring (bicyclic) bond motifs is 5. The zero-order chi connectivity index (χ0) is 22.0. The summed E-state index contributed by atoms with van der Waals surface area (Å²) in [7, 11) is 0. The van der Waals surface area contributed by atoms with Crippen molar-refractivity contribution in [1.82, 2.24) is 4.98 Å². The Morgan fingerprint density at radius 1 is 1.13 bits per heavy atom. The average Bonchev–Trinajstić information content (AvgIpc) is 3.33. The minimum atomic E-state index is -4.53. The van der Waals surface area contributed by atoms with Crippen LogP contribution in [-0.4, -0.2) is 27.7 Å². The third kappa shape index (κ3) is 3.49. The number of aromatic nitrogens is 1. The molecule has 1 aromatic rings. The largest absolute Gasteiger partial charge is 0.417 e. The van der Waals surface area contributed by atoms with Gasteiger partial charge in [-0.05, 0) is 92.8 Å². The fourth-order valence-electron chi connectivity index (χ4n) is 8.28. The van der Waals surface area contributed by atoms with E-state index in [-0.39, 0.29) is 30.1 Å². The normalized spacial score (nSPS) is 44.9. The topological polar surface area (TPSA) is 50.2 Å². The van der Waals surface area contributed by atoms with E-state index in [0.717, 1.165) is 43.5 Å². The first kappa shape index (κ1) is 21.9. The van der Waals surface area contributed by atoms with E-state index in [9.17, 15) is 23.1 Å². The summed E-state index contributed by atoms with van der Waals surface area (Å²) in [5.74, 6) is 2.17. The summed E-state index contributed by atoms with van der Waals surface area (Å²) in [6, 6.07) is 0. The second-order valence-electron chi connectivity index (χ2n) is 11.0. The summed E-state index contributed by atoms with van der Waals surface area (Å²) in [6.45, 7) is 2.31. The van der Waals surface area contributed by atoms with Crippen molar-refractivity contribution in [2.75, 3.05) is 0 Å². The second-order valence-corrected chi connectivity index (χ2v) is 11.9. The number of hydrogen-bond donors (Lipinski definition) is 1. The van der Waals surface area contributed by atoms with Gasteiger partial charge in [-0.2, -0.15) is 13.2 Å². The lowest BCUT2D eigenvalue weighted by Crippen LogP contribution is -2.55. The van der Waals surface area contributed by atoms with Crippen LogP contribution >= 0.6 is 11.3 Å². The van der Waals surface area contributed by atoms with Gasteiger partial charge in [-0.1, -0.05) is 6.92 Å². The van der Waals surface area contributed by atoms with Crippen molar-refractivity contribution in [3.8, 4) is 0 Å². The van der Waals surface area contributed by atoms with Crippen LogP contribution in [0.2, 0.25) is 0 Å². The maximum atomic E-state index is 13.4. The molecule has 172 valence electrons. The first-order valence-corrected chi connectivity index (χ1v) is 12.7. The number of rotatable bonds is 3. The van der Waals surface area contributed by atoms with Crippen LogP contribution in [0.4, 0.5) is 13.2 Å². The van der Waals surface area contributed by atoms with Gasteiger partial charge in [0.25, 0.3) is 0 Å². The van der Waals surface area contributed by atoms with Crippen LogP contribution in [0.15, 0.2) is 11.6 Å². The van der Waals surface area contributed by atoms with E-state index in [1.54, 1.807) is 6.20 Å². The highest BCUT2D eigenvalue weighted by atomic mass is 32.1. The highest BCUT2D eigenvalue weighted by molar-refractivity contribution is 7.09. The van der Waals surface area contributed by atoms with Gasteiger partial charge < -0.3 is 5.11 Å². The van der Waals surface area contributed by atoms with Crippen molar-refractivity contribution in [2.24, 2.45) is 40.9 Å². The fourth-order valence-corrected chi connectivity index (χ4v) is 8.90. The fraction of sp³-hybridized carbons (Fsp3) is 0.833. The van der Waals surface area contributed by atoms with E-state index in [2.05, 4.69) is 11.9 Å². The maximum absolute atomic E-state index is 13.4. The SMILES string of the molecule is C[C@]12CC[C@H]3[C@@H](CC[C@@H]4C[C@@](O)(C(F)(F)F)CC[C@@H]43)[C@@H]1CC[C@@H]2C(=O)Cc1nccs1. The van der Waals surface area contributed by atoms with Crippen LogP contribution in [0.3, 0.4) is 0 Å². The molecule has 4 aliphatic rings. The molecule has 1 aromatic heterocycles. The Balaban J connectivity index is 1.30. The Morgan fingerprint density at radius 2 is 1.90 bits per heavy atom. The number of aliphatic hydroxyl groups is 1. The number of ketones is 1. The van der Waals surface area contributed by atoms with Gasteiger partial charge in [0.05, 0.1) is 11.4 Å². The molecule has 0 aromatic carbocycles. The number of carbonyl (C=O) groups excluding carboxylic acids is 1. The molecule has 0 unspecified atom stereocenters. The molecule has 0 spiro atoms. The third-order valence-electron chi connectivity index (χ3n) is 9.74. The van der Waals surface area contributed by atoms with Gasteiger partial charge in [0.1, 0.15) is 5.78 Å². The molecule has 0 bridgehead atoms. The van der Waals surface area contributed by atoms with Gasteiger partial charge in [0.2, 0.25) is 0 Å². The van der Waals surface area contributed by atoms with E-state index in [1.165, 1.54) is 11.3 Å². The van der Waals surface area contributed by atoms with Crippen molar-refractivity contribution in [2.45, 2.75) is 82.9 Å². The van der Waals surface area contributed by atoms with Crippen LogP contribution in [0, 0.1) is 40.9 Å². The first-order valence-electron chi connectivity index (χ1n) is 11.8. The van der Waals surface area contributed by atoms with Crippen LogP contribution in [0.1, 0.15) is 69.7 Å². The Morgan fingerprint density at radius 3 is 2.61 bits per heavy atom. The molecule has 31 heavy (non-hydrogen) atoms. The monoisotopic (exact) mass is 455 g/mol. The smallest absolute Gasteiger partial charge is 0.380 e. The van der Waals surface area contributed by atoms with E-state index in [1.807, 2.05) is 5.38 Å². The maximum Gasteiger partial charge on any atom is 0.417 e. The van der Waals surface area contributed by atoms with Crippen LogP contribution in [0.5, 0.6) is 0 Å². The Labute approximate surface area is 185 Å². The molecular formula is C24H32F3NO2S. The Hall–Kier alpha value is -0.950. The number of alkyl halides is 3. The molecule has 8 atom stereocenters. The predicted octanol–water partition coefficient (Wildman–Crippen LogP) is 5.82. The van der Waals surface area contributed by atoms with E-state index in [0.29, 0.717) is 42.3 Å². The van der Waals surface area contributed by atoms with Gasteiger partial charge in [-0.15, -0.1) is 11.3 Å². The standard InChI is InChI=1S/C24H32F3NO2S/c1-22-8-6-16-15-7-9-23(30,24(25,26)27)13-14(15)2-3-17(16)18(22)4-5-19(22)20(29)12-21-28-10-11-31-21/h10-11,14-19,30H,2-9,12-13H2,1H3/t14-,15+,16-,17-,18+,19-,22+,23-/m1/s1. The van der Waals surface area contributed by atoms with Gasteiger partial charge in [0, 0.05) is 17.5 Å². The average molecular weight is 456 g/mol. The van der Waals surface area contributed by atoms with Crippen molar-refractivity contribution >= 4 is 17.1 Å². The number of nitrogens with zero attached hydrogens (tertiary/aromatic N) is 1. The molecule has 4 saturated carbocycles. The summed E-state index contributed by atoms with van der Waals surface area (Å²) >= 11 is 1.54. The van der Waals surface area contributed by atoms with Crippen molar-refractivity contribution in [1.29, 1.82) is 0 Å². The summed E-state index contributed by atoms with van der Waals surface area (Å²) in [4.78, 5) is 17.4. The highest BCUT2D eigenvalue weighted by Crippen LogP contribution is 2.65. The minimum absolute atomic E-state index is 0.0176. The summed E-state index contributed by atoms with van der Waals surface area (Å²) in [5, 5.41) is 13.1. The first-order chi connectivity index (χ1) is 14.6. The molecule has 5 rings (SSSR count). The van der Waals surface area contributed by atoms with Crippen molar-refractivity contribution in [3.05, 3.63) is 16.6 Å². The molecule has 4 aliphatic carbocycles. The number of thiazole rings is 1. The minimum Gasteiger partial charge on any atom is -0.380 e. The number of hydrogen-bond acceptors (Lipinski definition) is 4. The van der Waals surface area contributed by atoms with Crippen molar-refractivity contribution in [3.63, 3.8) is 0 Å². The highest BCUT2D eigenvalue weighted by Gasteiger charge is 2.62. The summed E-state index contributed by atoms with van der Waals surface area (Å²) in [6.07, 6.45) is 3.62. The zero-order valence-electron chi connectivity index (χ0n) is 18.0. The van der Waals surface area contributed by atoms with Crippen LogP contribution in [-0.2, 0) is 11.2 Å². The molecule has 0 amide bonds. The molecule has 1 N–H and O–H groups in total. The molecule has 3 nitrogen and oxygen atoms in total. The van der Waals surface area contributed by atoms with E-state index < -0.39 is 11.8 Å². The molecule has 1 heterocycles. The number of halogens is 3. The van der Waals surface area contributed by atoms with Crippen LogP contribution < -0.4 is 0 Å². The summed E-state index contributed by atoms with van der Waals surface area (Å²) in [5.41, 5.74) is -2.48. The van der Waals surface area contributed by atoms with Gasteiger partial charge >= 0.3 is 6.18 Å². The molecule has 0 aliphatic heterocycles. The van der Waals surface area contributed by atoms with Crippen LogP contribution in [0.25, 0.3) is 0 Å². The van der Waals surface area contributed by atoms with Gasteiger partial charge in [-0.25, -0.2) is 4.98 Å². The van der Waals surface area contributed by atoms with Gasteiger partial charge in [-0.3, -0.25) is 4.79 Å². The molecule has 4 fully saturated rings. The Kier molecular flexibility index (Phi) is 5.32. The van der Waals surface area contributed by atoms with Gasteiger partial charge in [0.15, 0.2) is 5.60 Å². The molecule has 0 saturated heterocycles. The number of Topliss-reactive ketones (excluding diaryl/α,β-unsaturated/α-hetero) is 1. The Bertz CT molecular complexity index is 827. The lowest BCUT2D eigenvalue weighted by molar-refractivity contribution is -0.282. The number of carbonyl (C=O) groups is 1. The molecular weight excluding hydrogens is 423 g/mol. The summed E-state index contributed by atoms with van der Waals surface area (Å²) < 4.78 is 40.2. The third-order valence-corrected chi connectivity index (χ3v) is 10.5. The van der Waals surface area contributed by atoms with E-state index >= 15 is 0 Å².